The van der Waals surface area contributed by atoms with Gasteiger partial charge in [0.25, 0.3) is 0 Å². The summed E-state index contributed by atoms with van der Waals surface area (Å²) in [5.74, 6) is 0. The molecule has 2 rings (SSSR count). The monoisotopic (exact) mass is 249 g/mol. The van der Waals surface area contributed by atoms with E-state index in [1.165, 1.54) is 4.88 Å². The summed E-state index contributed by atoms with van der Waals surface area (Å²) in [5.41, 5.74) is 2.99. The van der Waals surface area contributed by atoms with E-state index in [0.717, 1.165) is 18.7 Å². The van der Waals surface area contributed by atoms with Gasteiger partial charge in [-0.15, -0.1) is 11.3 Å². The lowest BCUT2D eigenvalue weighted by Gasteiger charge is -2.20. The summed E-state index contributed by atoms with van der Waals surface area (Å²) in [6, 6.07) is 3.98. The molecule has 0 aromatic carbocycles. The second-order valence-electron chi connectivity index (χ2n) is 3.76. The molecule has 0 aliphatic rings. The Morgan fingerprint density at radius 1 is 1.24 bits per heavy atom. The first-order valence-electron chi connectivity index (χ1n) is 5.48. The van der Waals surface area contributed by atoms with Crippen molar-refractivity contribution >= 4 is 11.3 Å². The van der Waals surface area contributed by atoms with Crippen molar-refractivity contribution in [2.75, 3.05) is 13.2 Å². The van der Waals surface area contributed by atoms with E-state index in [1.54, 1.807) is 17.5 Å². The lowest BCUT2D eigenvalue weighted by molar-refractivity contribution is 0.185. The minimum atomic E-state index is 0.166. The third-order valence-corrected chi connectivity index (χ3v) is 3.17. The first-order valence-corrected chi connectivity index (χ1v) is 6.36. The van der Waals surface area contributed by atoms with E-state index in [9.17, 15) is 0 Å². The highest BCUT2D eigenvalue weighted by Crippen LogP contribution is 2.12. The largest absolute Gasteiger partial charge is 0.395 e. The molecule has 0 atom stereocenters. The zero-order chi connectivity index (χ0) is 11.9. The van der Waals surface area contributed by atoms with E-state index in [1.807, 2.05) is 30.0 Å². The number of aliphatic hydroxyl groups excluding tert-OH is 1. The van der Waals surface area contributed by atoms with Gasteiger partial charge in [-0.2, -0.15) is 0 Å². The average molecular weight is 249 g/mol. The molecule has 0 unspecified atom stereocenters. The Kier molecular flexibility index (Phi) is 4.61. The summed E-state index contributed by atoms with van der Waals surface area (Å²) in [6.45, 7) is 2.44. The number of aromatic nitrogens is 2. The van der Waals surface area contributed by atoms with Crippen molar-refractivity contribution in [2.24, 2.45) is 0 Å². The molecule has 0 spiro atoms. The molecule has 0 aliphatic heterocycles. The minimum absolute atomic E-state index is 0.166. The van der Waals surface area contributed by atoms with Gasteiger partial charge in [0.15, 0.2) is 0 Å². The Balaban J connectivity index is 1.97. The van der Waals surface area contributed by atoms with Crippen LogP contribution in [0.4, 0.5) is 0 Å². The molecule has 90 valence electrons. The first-order chi connectivity index (χ1) is 8.38. The molecule has 4 nitrogen and oxygen atoms in total. The third kappa shape index (κ3) is 3.89. The SMILES string of the molecule is OCCN(Cc1cccnc1)Cc1cncs1. The highest BCUT2D eigenvalue weighted by molar-refractivity contribution is 7.09. The summed E-state index contributed by atoms with van der Waals surface area (Å²) in [6.07, 6.45) is 5.50. The summed E-state index contributed by atoms with van der Waals surface area (Å²) < 4.78 is 0. The summed E-state index contributed by atoms with van der Waals surface area (Å²) in [7, 11) is 0. The van der Waals surface area contributed by atoms with Gasteiger partial charge < -0.3 is 5.11 Å². The predicted molar refractivity (Wildman–Crippen MR) is 67.6 cm³/mol. The van der Waals surface area contributed by atoms with Gasteiger partial charge in [0.2, 0.25) is 0 Å². The van der Waals surface area contributed by atoms with Crippen LogP contribution in [0.3, 0.4) is 0 Å². The maximum absolute atomic E-state index is 9.07. The number of pyridine rings is 1. The summed E-state index contributed by atoms with van der Waals surface area (Å²) >= 11 is 1.64. The van der Waals surface area contributed by atoms with Crippen LogP contribution in [0.5, 0.6) is 0 Å². The maximum Gasteiger partial charge on any atom is 0.0794 e. The number of aliphatic hydroxyl groups is 1. The quantitative estimate of drug-likeness (QED) is 0.843. The number of nitrogens with zero attached hydrogens (tertiary/aromatic N) is 3. The third-order valence-electron chi connectivity index (χ3n) is 2.41. The highest BCUT2D eigenvalue weighted by atomic mass is 32.1. The summed E-state index contributed by atoms with van der Waals surface area (Å²) in [4.78, 5) is 11.6. The normalized spacial score (nSPS) is 10.9. The van der Waals surface area contributed by atoms with Crippen LogP contribution in [0, 0.1) is 0 Å². The van der Waals surface area contributed by atoms with Crippen molar-refractivity contribution in [3.05, 3.63) is 46.7 Å². The van der Waals surface area contributed by atoms with Gasteiger partial charge in [0, 0.05) is 43.1 Å². The Morgan fingerprint density at radius 3 is 2.82 bits per heavy atom. The molecule has 2 heterocycles. The lowest BCUT2D eigenvalue weighted by Crippen LogP contribution is -2.25. The molecule has 0 aliphatic carbocycles. The zero-order valence-corrected chi connectivity index (χ0v) is 10.3. The number of hydrogen-bond acceptors (Lipinski definition) is 5. The van der Waals surface area contributed by atoms with Gasteiger partial charge in [0.1, 0.15) is 0 Å². The van der Waals surface area contributed by atoms with Gasteiger partial charge in [-0.25, -0.2) is 0 Å². The van der Waals surface area contributed by atoms with Crippen LogP contribution in [-0.4, -0.2) is 33.1 Å². The molecule has 0 saturated carbocycles. The number of thiazole rings is 1. The van der Waals surface area contributed by atoms with Crippen molar-refractivity contribution in [2.45, 2.75) is 13.1 Å². The van der Waals surface area contributed by atoms with Crippen LogP contribution < -0.4 is 0 Å². The van der Waals surface area contributed by atoms with E-state index in [0.29, 0.717) is 6.54 Å². The number of rotatable bonds is 6. The molecule has 0 amide bonds. The fraction of sp³-hybridized carbons (Fsp3) is 0.333. The van der Waals surface area contributed by atoms with Gasteiger partial charge in [0.05, 0.1) is 12.1 Å². The van der Waals surface area contributed by atoms with Crippen LogP contribution >= 0.6 is 11.3 Å². The van der Waals surface area contributed by atoms with E-state index in [-0.39, 0.29) is 6.61 Å². The molecule has 5 heteroatoms. The Bertz CT molecular complexity index is 419. The van der Waals surface area contributed by atoms with Crippen LogP contribution in [0.2, 0.25) is 0 Å². The van der Waals surface area contributed by atoms with Gasteiger partial charge in [-0.1, -0.05) is 6.07 Å². The highest BCUT2D eigenvalue weighted by Gasteiger charge is 2.07. The fourth-order valence-corrected chi connectivity index (χ4v) is 2.28. The first kappa shape index (κ1) is 12.2. The van der Waals surface area contributed by atoms with Gasteiger partial charge in [-0.3, -0.25) is 14.9 Å². The molecular formula is C12H15N3OS. The average Bonchev–Trinajstić information content (AvgIpc) is 2.83. The van der Waals surface area contributed by atoms with Crippen LogP contribution in [0.1, 0.15) is 10.4 Å². The van der Waals surface area contributed by atoms with Crippen LogP contribution in [0.15, 0.2) is 36.2 Å². The van der Waals surface area contributed by atoms with Gasteiger partial charge in [-0.05, 0) is 11.6 Å². The Hall–Kier alpha value is -1.30. The predicted octanol–water partition coefficient (Wildman–Crippen LogP) is 1.53. The Labute approximate surface area is 105 Å². The smallest absolute Gasteiger partial charge is 0.0794 e. The van der Waals surface area contributed by atoms with E-state index in [2.05, 4.69) is 14.9 Å². The standard InChI is InChI=1S/C12H15N3OS/c16-5-4-15(9-12-7-14-10-17-12)8-11-2-1-3-13-6-11/h1-3,6-7,10,16H,4-5,8-9H2. The lowest BCUT2D eigenvalue weighted by atomic mass is 10.2. The van der Waals surface area contributed by atoms with Crippen LogP contribution in [0.25, 0.3) is 0 Å². The van der Waals surface area contributed by atoms with Gasteiger partial charge >= 0.3 is 0 Å². The molecule has 1 N–H and O–H groups in total. The van der Waals surface area contributed by atoms with Crippen molar-refractivity contribution in [1.82, 2.24) is 14.9 Å². The molecule has 2 aromatic heterocycles. The number of hydrogen-bond donors (Lipinski definition) is 1. The van der Waals surface area contributed by atoms with Crippen molar-refractivity contribution < 1.29 is 5.11 Å². The van der Waals surface area contributed by atoms with E-state index >= 15 is 0 Å². The second-order valence-corrected chi connectivity index (χ2v) is 4.73. The molecule has 0 saturated heterocycles. The molecule has 0 bridgehead atoms. The summed E-state index contributed by atoms with van der Waals surface area (Å²) in [5, 5.41) is 9.07. The molecule has 0 fully saturated rings. The molecule has 0 radical (unpaired) electrons. The Morgan fingerprint density at radius 2 is 2.18 bits per heavy atom. The van der Waals surface area contributed by atoms with Crippen molar-refractivity contribution in [3.8, 4) is 0 Å². The van der Waals surface area contributed by atoms with Crippen LogP contribution in [-0.2, 0) is 13.1 Å². The van der Waals surface area contributed by atoms with E-state index in [4.69, 9.17) is 5.11 Å². The second kappa shape index (κ2) is 6.44. The van der Waals surface area contributed by atoms with Crippen molar-refractivity contribution in [1.29, 1.82) is 0 Å². The topological polar surface area (TPSA) is 49.2 Å². The van der Waals surface area contributed by atoms with E-state index < -0.39 is 0 Å². The maximum atomic E-state index is 9.07. The molecular weight excluding hydrogens is 234 g/mol. The van der Waals surface area contributed by atoms with Crippen molar-refractivity contribution in [3.63, 3.8) is 0 Å². The fourth-order valence-electron chi connectivity index (χ4n) is 1.65. The zero-order valence-electron chi connectivity index (χ0n) is 9.49. The minimum Gasteiger partial charge on any atom is -0.395 e. The molecule has 2 aromatic rings. The molecule has 17 heavy (non-hydrogen) atoms.